The van der Waals surface area contributed by atoms with Crippen LogP contribution in [0.2, 0.25) is 10.0 Å². The molecule has 0 radical (unpaired) electrons. The Morgan fingerprint density at radius 2 is 0.846 bits per heavy atom. The summed E-state index contributed by atoms with van der Waals surface area (Å²) in [6.45, 7) is 4.34. The molecule has 0 saturated carbocycles. The standard InChI is InChI=1S/C20H22Cl2N4/c21-17-7-3-15(4-8-17)19-23-11-1-12-24(23)20(26-14-2-13-25(19)26)16-5-9-18(22)10-6-16/h3-10,19-20H,1-2,11-14H2. The van der Waals surface area contributed by atoms with Gasteiger partial charge in [-0.15, -0.1) is 0 Å². The zero-order chi connectivity index (χ0) is 17.7. The fraction of sp³-hybridized carbons (Fsp3) is 0.400. The zero-order valence-corrected chi connectivity index (χ0v) is 16.1. The predicted octanol–water partition coefficient (Wildman–Crippen LogP) is 4.55. The lowest BCUT2D eigenvalue weighted by Crippen LogP contribution is -2.61. The van der Waals surface area contributed by atoms with Crippen molar-refractivity contribution in [2.24, 2.45) is 0 Å². The third kappa shape index (κ3) is 2.76. The van der Waals surface area contributed by atoms with Crippen molar-refractivity contribution in [3.63, 3.8) is 0 Å². The van der Waals surface area contributed by atoms with Gasteiger partial charge in [0.15, 0.2) is 0 Å². The van der Waals surface area contributed by atoms with Crippen molar-refractivity contribution in [3.8, 4) is 0 Å². The lowest BCUT2D eigenvalue weighted by molar-refractivity contribution is -0.271. The van der Waals surface area contributed by atoms with Gasteiger partial charge in [-0.2, -0.15) is 0 Å². The van der Waals surface area contributed by atoms with Crippen molar-refractivity contribution in [2.45, 2.75) is 25.2 Å². The molecule has 136 valence electrons. The van der Waals surface area contributed by atoms with E-state index in [-0.39, 0.29) is 12.3 Å². The lowest BCUT2D eigenvalue weighted by Gasteiger charge is -2.54. The van der Waals surface area contributed by atoms with Crippen LogP contribution in [0.15, 0.2) is 48.5 Å². The van der Waals surface area contributed by atoms with Crippen LogP contribution in [-0.2, 0) is 0 Å². The molecule has 3 saturated heterocycles. The van der Waals surface area contributed by atoms with Gasteiger partial charge in [0.2, 0.25) is 0 Å². The molecule has 0 atom stereocenters. The molecule has 0 aliphatic carbocycles. The Hall–Kier alpha value is -1.14. The van der Waals surface area contributed by atoms with Crippen LogP contribution in [0.3, 0.4) is 0 Å². The highest BCUT2D eigenvalue weighted by molar-refractivity contribution is 6.30. The largest absolute Gasteiger partial charge is 0.217 e. The first-order chi connectivity index (χ1) is 12.7. The maximum absolute atomic E-state index is 6.13. The van der Waals surface area contributed by atoms with Gasteiger partial charge in [0.1, 0.15) is 12.3 Å². The second-order valence-electron chi connectivity index (χ2n) is 7.21. The smallest absolute Gasteiger partial charge is 0.115 e. The molecular formula is C20H22Cl2N4. The molecule has 3 aliphatic rings. The van der Waals surface area contributed by atoms with Crippen LogP contribution in [0, 0.1) is 0 Å². The molecule has 0 N–H and O–H groups in total. The van der Waals surface area contributed by atoms with Crippen molar-refractivity contribution in [1.82, 2.24) is 20.0 Å². The average molecular weight is 389 g/mol. The summed E-state index contributed by atoms with van der Waals surface area (Å²) in [5.74, 6) is 0. The van der Waals surface area contributed by atoms with Crippen LogP contribution < -0.4 is 0 Å². The predicted molar refractivity (Wildman–Crippen MR) is 104 cm³/mol. The molecular weight excluding hydrogens is 367 g/mol. The van der Waals surface area contributed by atoms with E-state index < -0.39 is 0 Å². The summed E-state index contributed by atoms with van der Waals surface area (Å²) in [6.07, 6.45) is 2.88. The highest BCUT2D eigenvalue weighted by atomic mass is 35.5. The maximum atomic E-state index is 6.13. The second kappa shape index (κ2) is 6.79. The topological polar surface area (TPSA) is 13.0 Å². The van der Waals surface area contributed by atoms with Gasteiger partial charge in [0.05, 0.1) is 0 Å². The number of rotatable bonds is 2. The van der Waals surface area contributed by atoms with Crippen molar-refractivity contribution in [2.75, 3.05) is 26.2 Å². The Morgan fingerprint density at radius 3 is 1.15 bits per heavy atom. The Kier molecular flexibility index (Phi) is 4.44. The van der Waals surface area contributed by atoms with Gasteiger partial charge in [0, 0.05) is 36.2 Å². The average Bonchev–Trinajstić information content (AvgIpc) is 3.31. The highest BCUT2D eigenvalue weighted by Gasteiger charge is 2.49. The minimum absolute atomic E-state index is 0.251. The van der Waals surface area contributed by atoms with Gasteiger partial charge in [-0.1, -0.05) is 47.5 Å². The first-order valence-corrected chi connectivity index (χ1v) is 10.1. The highest BCUT2D eigenvalue weighted by Crippen LogP contribution is 2.45. The molecule has 0 unspecified atom stereocenters. The molecule has 3 fully saturated rings. The number of hydrazine groups is 2. The van der Waals surface area contributed by atoms with E-state index in [1.54, 1.807) is 0 Å². The molecule has 0 spiro atoms. The second-order valence-corrected chi connectivity index (χ2v) is 8.08. The van der Waals surface area contributed by atoms with E-state index in [0.29, 0.717) is 0 Å². The number of nitrogens with zero attached hydrogens (tertiary/aromatic N) is 4. The fourth-order valence-corrected chi connectivity index (χ4v) is 4.87. The van der Waals surface area contributed by atoms with Crippen LogP contribution in [0.4, 0.5) is 0 Å². The Labute approximate surface area is 164 Å². The van der Waals surface area contributed by atoms with Gasteiger partial charge in [0.25, 0.3) is 0 Å². The van der Waals surface area contributed by atoms with Crippen molar-refractivity contribution in [1.29, 1.82) is 0 Å². The molecule has 3 heterocycles. The van der Waals surface area contributed by atoms with E-state index in [0.717, 1.165) is 36.2 Å². The van der Waals surface area contributed by atoms with Gasteiger partial charge in [-0.25, -0.2) is 20.0 Å². The van der Waals surface area contributed by atoms with Crippen LogP contribution in [-0.4, -0.2) is 46.2 Å². The molecule has 26 heavy (non-hydrogen) atoms. The number of hydrogen-bond donors (Lipinski definition) is 0. The van der Waals surface area contributed by atoms with E-state index in [1.807, 2.05) is 24.3 Å². The summed E-state index contributed by atoms with van der Waals surface area (Å²) < 4.78 is 0. The van der Waals surface area contributed by atoms with Crippen molar-refractivity contribution in [3.05, 3.63) is 69.7 Å². The summed E-state index contributed by atoms with van der Waals surface area (Å²) in [5.41, 5.74) is 2.62. The normalized spacial score (nSPS) is 27.6. The van der Waals surface area contributed by atoms with Gasteiger partial charge >= 0.3 is 0 Å². The summed E-state index contributed by atoms with van der Waals surface area (Å²) in [6, 6.07) is 16.7. The van der Waals surface area contributed by atoms with E-state index in [9.17, 15) is 0 Å². The minimum atomic E-state index is 0.251. The Balaban J connectivity index is 1.56. The van der Waals surface area contributed by atoms with Crippen molar-refractivity contribution >= 4 is 23.2 Å². The third-order valence-electron chi connectivity index (χ3n) is 5.67. The van der Waals surface area contributed by atoms with E-state index in [1.165, 1.54) is 24.0 Å². The quantitative estimate of drug-likeness (QED) is 0.747. The van der Waals surface area contributed by atoms with Gasteiger partial charge in [-0.05, 0) is 48.2 Å². The Bertz CT molecular complexity index is 692. The van der Waals surface area contributed by atoms with Crippen LogP contribution in [0.1, 0.15) is 36.3 Å². The minimum Gasteiger partial charge on any atom is -0.217 e. The molecule has 0 amide bonds. The zero-order valence-electron chi connectivity index (χ0n) is 14.6. The summed E-state index contributed by atoms with van der Waals surface area (Å²) in [7, 11) is 0. The van der Waals surface area contributed by atoms with Crippen LogP contribution in [0.5, 0.6) is 0 Å². The lowest BCUT2D eigenvalue weighted by atomic mass is 10.1. The summed E-state index contributed by atoms with van der Waals surface area (Å²) >= 11 is 12.3. The third-order valence-corrected chi connectivity index (χ3v) is 6.18. The molecule has 2 aromatic rings. The molecule has 0 aromatic heterocycles. The summed E-state index contributed by atoms with van der Waals surface area (Å²) in [5, 5.41) is 11.8. The van der Waals surface area contributed by atoms with Gasteiger partial charge in [-0.3, -0.25) is 0 Å². The van der Waals surface area contributed by atoms with Crippen LogP contribution in [0.25, 0.3) is 0 Å². The first kappa shape index (κ1) is 17.0. The molecule has 4 nitrogen and oxygen atoms in total. The van der Waals surface area contributed by atoms with E-state index >= 15 is 0 Å². The Morgan fingerprint density at radius 1 is 0.538 bits per heavy atom. The molecule has 6 heteroatoms. The number of benzene rings is 2. The molecule has 0 bridgehead atoms. The first-order valence-electron chi connectivity index (χ1n) is 9.30. The van der Waals surface area contributed by atoms with Crippen LogP contribution >= 0.6 is 23.2 Å². The van der Waals surface area contributed by atoms with E-state index in [4.69, 9.17) is 23.2 Å². The SMILES string of the molecule is Clc1ccc(C2N3CCCN3C(c3ccc(Cl)cc3)N3CCCN23)cc1. The molecule has 3 aliphatic heterocycles. The maximum Gasteiger partial charge on any atom is 0.115 e. The molecule has 2 aromatic carbocycles. The number of hydrogen-bond acceptors (Lipinski definition) is 4. The fourth-order valence-electron chi connectivity index (χ4n) is 4.62. The van der Waals surface area contributed by atoms with E-state index in [2.05, 4.69) is 44.3 Å². The molecule has 5 rings (SSSR count). The van der Waals surface area contributed by atoms with Gasteiger partial charge < -0.3 is 0 Å². The summed E-state index contributed by atoms with van der Waals surface area (Å²) in [4.78, 5) is 0. The number of halogens is 2. The monoisotopic (exact) mass is 388 g/mol. The number of fused-ring (bicyclic) bond motifs is 2. The van der Waals surface area contributed by atoms with Crippen molar-refractivity contribution < 1.29 is 0 Å².